The number of fused-ring (bicyclic) bond motifs is 7. The largest absolute Gasteiger partial charge is 0.481 e. The molecule has 0 unspecified atom stereocenters. The third kappa shape index (κ3) is 5.73. The van der Waals surface area contributed by atoms with E-state index in [1.807, 2.05) is 0 Å². The highest BCUT2D eigenvalue weighted by Crippen LogP contribution is 2.77. The van der Waals surface area contributed by atoms with Crippen molar-refractivity contribution in [1.82, 2.24) is 5.32 Å². The fourth-order valence-electron chi connectivity index (χ4n) is 13.7. The van der Waals surface area contributed by atoms with Crippen LogP contribution in [0.4, 0.5) is 0 Å². The van der Waals surface area contributed by atoms with E-state index in [-0.39, 0.29) is 39.6 Å². The fourth-order valence-corrected chi connectivity index (χ4v) is 13.7. The summed E-state index contributed by atoms with van der Waals surface area (Å²) in [4.78, 5) is 39.2. The van der Waals surface area contributed by atoms with Gasteiger partial charge in [-0.3, -0.25) is 14.4 Å². The first-order valence-electron chi connectivity index (χ1n) is 19.8. The average Bonchev–Trinajstić information content (AvgIpc) is 3.43. The van der Waals surface area contributed by atoms with Crippen LogP contribution in [-0.4, -0.2) is 48.8 Å². The van der Waals surface area contributed by atoms with Crippen LogP contribution >= 0.6 is 0 Å². The Labute approximate surface area is 296 Å². The molecule has 5 aliphatic carbocycles. The fraction of sp³-hybridized carbons (Fsp3) is 0.881. The number of carboxylic acid groups (broad SMARTS) is 1. The molecule has 7 heteroatoms. The molecule has 6 aliphatic rings. The number of aliphatic carboxylic acids is 1. The molecule has 5 saturated carbocycles. The van der Waals surface area contributed by atoms with Crippen LogP contribution in [-0.2, 0) is 23.9 Å². The third-order valence-corrected chi connectivity index (χ3v) is 16.8. The lowest BCUT2D eigenvalue weighted by Gasteiger charge is -2.72. The van der Waals surface area contributed by atoms with Crippen molar-refractivity contribution in [2.45, 2.75) is 145 Å². The lowest BCUT2D eigenvalue weighted by molar-refractivity contribution is -0.249. The second-order valence-corrected chi connectivity index (χ2v) is 19.8. The first-order chi connectivity index (χ1) is 22.8. The summed E-state index contributed by atoms with van der Waals surface area (Å²) < 4.78 is 11.8. The van der Waals surface area contributed by atoms with Gasteiger partial charge in [0.2, 0.25) is 5.91 Å². The van der Waals surface area contributed by atoms with Crippen molar-refractivity contribution >= 4 is 17.8 Å². The maximum atomic E-state index is 14.4. The smallest absolute Gasteiger partial charge is 0.309 e. The number of nitrogens with one attached hydrogen (secondary N) is 1. The van der Waals surface area contributed by atoms with Crippen molar-refractivity contribution in [2.24, 2.45) is 68.0 Å². The number of esters is 1. The second kappa shape index (κ2) is 12.7. The predicted molar refractivity (Wildman–Crippen MR) is 191 cm³/mol. The number of carboxylic acids is 1. The van der Waals surface area contributed by atoms with Crippen molar-refractivity contribution in [3.8, 4) is 0 Å². The molecule has 0 spiro atoms. The summed E-state index contributed by atoms with van der Waals surface area (Å²) in [7, 11) is 0. The maximum absolute atomic E-state index is 14.4. The Morgan fingerprint density at radius 1 is 0.857 bits per heavy atom. The zero-order valence-electron chi connectivity index (χ0n) is 32.1. The zero-order chi connectivity index (χ0) is 35.8. The van der Waals surface area contributed by atoms with Crippen molar-refractivity contribution < 1.29 is 29.0 Å². The molecule has 0 bridgehead atoms. The van der Waals surface area contributed by atoms with Crippen LogP contribution in [0.25, 0.3) is 0 Å². The Morgan fingerprint density at radius 3 is 2.20 bits per heavy atom. The Kier molecular flexibility index (Phi) is 9.53. The summed E-state index contributed by atoms with van der Waals surface area (Å²) >= 11 is 0. The molecular weight excluding hydrogens is 614 g/mol. The molecule has 1 aliphatic heterocycles. The molecule has 0 aromatic rings. The lowest BCUT2D eigenvalue weighted by atomic mass is 9.32. The highest BCUT2D eigenvalue weighted by molar-refractivity contribution is 5.84. The van der Waals surface area contributed by atoms with E-state index in [2.05, 4.69) is 53.4 Å². The number of ether oxygens (including phenoxy) is 2. The molecule has 7 nitrogen and oxygen atoms in total. The lowest BCUT2D eigenvalue weighted by Crippen LogP contribution is -2.67. The van der Waals surface area contributed by atoms with Crippen molar-refractivity contribution in [2.75, 3.05) is 19.8 Å². The van der Waals surface area contributed by atoms with Gasteiger partial charge in [-0.25, -0.2) is 0 Å². The molecule has 0 radical (unpaired) electrons. The van der Waals surface area contributed by atoms with E-state index < -0.39 is 17.4 Å². The SMILES string of the molecule is C=C(C)[C@@H]1CC[C@]2(C(=O)NCC3CCOCC3)CC[C@]3(C)[C@H](CC[C@@H]4[C@@]5(C)CC[C@H](OC(=O)CC(C)(C)C(=O)O)C(C)(C)[C@@H]5CC[C@]43C)[C@@H]12. The van der Waals surface area contributed by atoms with Crippen LogP contribution in [0.15, 0.2) is 12.2 Å². The van der Waals surface area contributed by atoms with E-state index in [9.17, 15) is 19.5 Å². The van der Waals surface area contributed by atoms with Crippen LogP contribution in [0.2, 0.25) is 0 Å². The van der Waals surface area contributed by atoms with E-state index in [0.717, 1.165) is 84.0 Å². The molecule has 49 heavy (non-hydrogen) atoms. The number of hydrogen-bond donors (Lipinski definition) is 2. The van der Waals surface area contributed by atoms with Gasteiger partial charge in [0.15, 0.2) is 0 Å². The van der Waals surface area contributed by atoms with Gasteiger partial charge in [-0.05, 0) is 150 Å². The molecule has 1 heterocycles. The van der Waals surface area contributed by atoms with Crippen molar-refractivity contribution in [3.63, 3.8) is 0 Å². The van der Waals surface area contributed by atoms with Gasteiger partial charge in [0.1, 0.15) is 6.10 Å². The number of allylic oxidation sites excluding steroid dienone is 1. The van der Waals surface area contributed by atoms with Crippen LogP contribution in [0.5, 0.6) is 0 Å². The highest BCUT2D eigenvalue weighted by Gasteiger charge is 2.72. The Morgan fingerprint density at radius 2 is 1.55 bits per heavy atom. The van der Waals surface area contributed by atoms with E-state index in [4.69, 9.17) is 9.47 Å². The Hall–Kier alpha value is -1.89. The van der Waals surface area contributed by atoms with Crippen LogP contribution < -0.4 is 5.32 Å². The molecule has 6 rings (SSSR count). The monoisotopic (exact) mass is 681 g/mol. The van der Waals surface area contributed by atoms with Gasteiger partial charge in [-0.2, -0.15) is 0 Å². The maximum Gasteiger partial charge on any atom is 0.309 e. The molecule has 6 fully saturated rings. The minimum absolute atomic E-state index is 0.112. The van der Waals surface area contributed by atoms with Crippen molar-refractivity contribution in [3.05, 3.63) is 12.2 Å². The van der Waals surface area contributed by atoms with E-state index in [1.54, 1.807) is 13.8 Å². The molecule has 276 valence electrons. The Bertz CT molecular complexity index is 1330. The second-order valence-electron chi connectivity index (χ2n) is 19.8. The minimum Gasteiger partial charge on any atom is -0.481 e. The van der Waals surface area contributed by atoms with Gasteiger partial charge in [0, 0.05) is 25.2 Å². The highest BCUT2D eigenvalue weighted by atomic mass is 16.5. The van der Waals surface area contributed by atoms with Crippen LogP contribution in [0.3, 0.4) is 0 Å². The van der Waals surface area contributed by atoms with E-state index in [1.165, 1.54) is 18.4 Å². The van der Waals surface area contributed by atoms with E-state index in [0.29, 0.717) is 41.4 Å². The normalized spacial score (nSPS) is 43.3. The molecule has 0 aromatic carbocycles. The van der Waals surface area contributed by atoms with Crippen molar-refractivity contribution in [1.29, 1.82) is 0 Å². The molecular formula is C42H67NO6. The van der Waals surface area contributed by atoms with Gasteiger partial charge in [0.25, 0.3) is 0 Å². The summed E-state index contributed by atoms with van der Waals surface area (Å²) in [5.41, 5.74) is 0.0751. The molecule has 1 saturated heterocycles. The van der Waals surface area contributed by atoms with Crippen LogP contribution in [0.1, 0.15) is 139 Å². The zero-order valence-corrected chi connectivity index (χ0v) is 32.1. The van der Waals surface area contributed by atoms with Crippen LogP contribution in [0, 0.1) is 68.0 Å². The average molecular weight is 682 g/mol. The van der Waals surface area contributed by atoms with E-state index >= 15 is 0 Å². The summed E-state index contributed by atoms with van der Waals surface area (Å²) in [6, 6.07) is 0. The van der Waals surface area contributed by atoms with Gasteiger partial charge in [-0.1, -0.05) is 46.8 Å². The Balaban J connectivity index is 1.24. The first kappa shape index (κ1) is 36.9. The standard InChI is InChI=1S/C42H67NO6/c1-26(2)28-12-19-42(35(45)43-25-27-15-22-48-23-16-27)21-20-40(8)29(34(28)42)10-11-31-39(7)17-14-32(49-33(44)24-37(3,4)36(46)47)38(5,6)30(39)13-18-41(31,40)9/h27-32,34H,1,10-25H2,2-9H3,(H,43,45)(H,46,47)/t28-,29+,30-,31+,32-,34+,39-,40+,41+,42-/m0/s1. The number of carbonyl (C=O) groups excluding carboxylic acids is 2. The summed E-state index contributed by atoms with van der Waals surface area (Å²) in [6.45, 7) is 24.7. The quantitative estimate of drug-likeness (QED) is 0.197. The third-order valence-electron chi connectivity index (χ3n) is 16.8. The predicted octanol–water partition coefficient (Wildman–Crippen LogP) is 8.60. The topological polar surface area (TPSA) is 102 Å². The summed E-state index contributed by atoms with van der Waals surface area (Å²) in [5, 5.41) is 13.1. The molecule has 0 aromatic heterocycles. The first-order valence-corrected chi connectivity index (χ1v) is 19.8. The number of rotatable bonds is 8. The van der Waals surface area contributed by atoms with Gasteiger partial charge < -0.3 is 19.9 Å². The minimum atomic E-state index is -1.14. The number of hydrogen-bond acceptors (Lipinski definition) is 5. The van der Waals surface area contributed by atoms with Gasteiger partial charge in [-0.15, -0.1) is 0 Å². The number of carbonyl (C=O) groups is 3. The summed E-state index contributed by atoms with van der Waals surface area (Å²) in [6.07, 6.45) is 12.4. The molecule has 10 atom stereocenters. The molecule has 1 amide bonds. The molecule has 2 N–H and O–H groups in total. The van der Waals surface area contributed by atoms with Gasteiger partial charge >= 0.3 is 11.9 Å². The summed E-state index contributed by atoms with van der Waals surface area (Å²) in [5.74, 6) is 1.72. The van der Waals surface area contributed by atoms with Gasteiger partial charge in [0.05, 0.1) is 17.3 Å². The number of amides is 1.